The number of thioether (sulfide) groups is 2. The molecule has 3 nitrogen and oxygen atoms in total. The molecule has 1 unspecified atom stereocenters. The van der Waals surface area contributed by atoms with Gasteiger partial charge in [0.25, 0.3) is 0 Å². The first kappa shape index (κ1) is 20.1. The van der Waals surface area contributed by atoms with Crippen LogP contribution in [-0.2, 0) is 9.53 Å². The van der Waals surface area contributed by atoms with Crippen LogP contribution in [0.1, 0.15) is 32.6 Å². The number of pyridine rings is 1. The second kappa shape index (κ2) is 9.06. The molecule has 27 heavy (non-hydrogen) atoms. The molecule has 3 rings (SSSR count). The number of aromatic nitrogens is 1. The van der Waals surface area contributed by atoms with E-state index in [1.165, 1.54) is 32.1 Å². The van der Waals surface area contributed by atoms with Gasteiger partial charge in [-0.05, 0) is 43.5 Å². The Morgan fingerprint density at radius 1 is 1.26 bits per heavy atom. The van der Waals surface area contributed by atoms with Gasteiger partial charge in [-0.1, -0.05) is 18.9 Å². The summed E-state index contributed by atoms with van der Waals surface area (Å²) < 4.78 is 33.9. The molecule has 1 aliphatic carbocycles. The molecular formula is C20H21F2NO2S2. The highest BCUT2D eigenvalue weighted by Gasteiger charge is 2.23. The van der Waals surface area contributed by atoms with E-state index < -0.39 is 22.9 Å². The van der Waals surface area contributed by atoms with Crippen molar-refractivity contribution in [2.75, 3.05) is 7.11 Å². The first-order valence-electron chi connectivity index (χ1n) is 8.85. The maximum atomic E-state index is 14.6. The number of hydrogen-bond acceptors (Lipinski definition) is 5. The fourth-order valence-corrected chi connectivity index (χ4v) is 5.30. The second-order valence-electron chi connectivity index (χ2n) is 6.43. The highest BCUT2D eigenvalue weighted by Crippen LogP contribution is 2.40. The number of benzene rings is 1. The molecule has 144 valence electrons. The predicted octanol–water partition coefficient (Wildman–Crippen LogP) is 5.72. The van der Waals surface area contributed by atoms with Crippen LogP contribution in [0.25, 0.3) is 11.1 Å². The standard InChI is InChI=1S/C20H21F2NO2S2/c1-12(20(24)25-2)26-18-16(21)10-13(11-17(18)22)15-8-5-9-23-19(15)27-14-6-3-4-7-14/h5,8-12,14H,3-4,6-7H2,1-2H3. The Labute approximate surface area is 166 Å². The molecule has 0 N–H and O–H groups in total. The van der Waals surface area contributed by atoms with E-state index in [0.717, 1.165) is 35.2 Å². The Morgan fingerprint density at radius 3 is 2.56 bits per heavy atom. The van der Waals surface area contributed by atoms with Gasteiger partial charge < -0.3 is 4.74 Å². The van der Waals surface area contributed by atoms with Crippen molar-refractivity contribution in [1.82, 2.24) is 4.98 Å². The van der Waals surface area contributed by atoms with Gasteiger partial charge >= 0.3 is 5.97 Å². The molecule has 1 aliphatic rings. The number of ether oxygens (including phenoxy) is 1. The lowest BCUT2D eigenvalue weighted by molar-refractivity contribution is -0.139. The van der Waals surface area contributed by atoms with Crippen LogP contribution >= 0.6 is 23.5 Å². The summed E-state index contributed by atoms with van der Waals surface area (Å²) in [6.45, 7) is 1.56. The predicted molar refractivity (Wildman–Crippen MR) is 105 cm³/mol. The van der Waals surface area contributed by atoms with Gasteiger partial charge in [-0.25, -0.2) is 13.8 Å². The van der Waals surface area contributed by atoms with E-state index in [1.807, 2.05) is 6.07 Å². The largest absolute Gasteiger partial charge is 0.468 e. The molecule has 1 aromatic heterocycles. The molecule has 0 saturated heterocycles. The summed E-state index contributed by atoms with van der Waals surface area (Å²) >= 11 is 2.50. The zero-order valence-corrected chi connectivity index (χ0v) is 16.8. The molecule has 1 atom stereocenters. The Morgan fingerprint density at radius 2 is 1.93 bits per heavy atom. The van der Waals surface area contributed by atoms with E-state index in [0.29, 0.717) is 10.8 Å². The Kier molecular flexibility index (Phi) is 6.76. The summed E-state index contributed by atoms with van der Waals surface area (Å²) in [5, 5.41) is 0.604. The summed E-state index contributed by atoms with van der Waals surface area (Å²) in [5.41, 5.74) is 1.18. The maximum Gasteiger partial charge on any atom is 0.318 e. The molecule has 2 aromatic rings. The lowest BCUT2D eigenvalue weighted by Gasteiger charge is -2.14. The van der Waals surface area contributed by atoms with Crippen molar-refractivity contribution >= 4 is 29.5 Å². The summed E-state index contributed by atoms with van der Waals surface area (Å²) in [5.74, 6) is -1.90. The van der Waals surface area contributed by atoms with Crippen molar-refractivity contribution in [3.8, 4) is 11.1 Å². The van der Waals surface area contributed by atoms with E-state index in [1.54, 1.807) is 30.9 Å². The number of hydrogen-bond donors (Lipinski definition) is 0. The average molecular weight is 410 g/mol. The van der Waals surface area contributed by atoms with Crippen molar-refractivity contribution in [3.05, 3.63) is 42.1 Å². The zero-order valence-electron chi connectivity index (χ0n) is 15.2. The zero-order chi connectivity index (χ0) is 19.4. The van der Waals surface area contributed by atoms with Crippen LogP contribution in [0, 0.1) is 11.6 Å². The monoisotopic (exact) mass is 409 g/mol. The first-order chi connectivity index (χ1) is 13.0. The maximum absolute atomic E-state index is 14.6. The highest BCUT2D eigenvalue weighted by atomic mass is 32.2. The summed E-state index contributed by atoms with van der Waals surface area (Å²) in [6.07, 6.45) is 6.42. The van der Waals surface area contributed by atoms with Crippen molar-refractivity contribution in [3.63, 3.8) is 0 Å². The molecule has 1 fully saturated rings. The quantitative estimate of drug-likeness (QED) is 0.451. The lowest BCUT2D eigenvalue weighted by Crippen LogP contribution is -2.15. The summed E-state index contributed by atoms with van der Waals surface area (Å²) in [4.78, 5) is 15.8. The van der Waals surface area contributed by atoms with E-state index >= 15 is 0 Å². The van der Waals surface area contributed by atoms with E-state index in [2.05, 4.69) is 9.72 Å². The molecule has 1 heterocycles. The van der Waals surface area contributed by atoms with Gasteiger partial charge in [-0.3, -0.25) is 4.79 Å². The third-order valence-electron chi connectivity index (χ3n) is 4.49. The van der Waals surface area contributed by atoms with Gasteiger partial charge in [0, 0.05) is 17.0 Å². The number of halogens is 2. The molecule has 0 aliphatic heterocycles. The van der Waals surface area contributed by atoms with Crippen LogP contribution in [-0.4, -0.2) is 28.6 Å². The summed E-state index contributed by atoms with van der Waals surface area (Å²) in [6, 6.07) is 6.23. The van der Waals surface area contributed by atoms with Gasteiger partial charge in [0.05, 0.1) is 12.0 Å². The fourth-order valence-electron chi connectivity index (χ4n) is 3.09. The van der Waals surface area contributed by atoms with E-state index in [-0.39, 0.29) is 4.90 Å². The minimum atomic E-state index is -0.697. The number of carbonyl (C=O) groups is 1. The summed E-state index contributed by atoms with van der Waals surface area (Å²) in [7, 11) is 1.25. The van der Waals surface area contributed by atoms with Crippen molar-refractivity contribution < 1.29 is 18.3 Å². The van der Waals surface area contributed by atoms with Crippen molar-refractivity contribution in [2.24, 2.45) is 0 Å². The molecule has 1 saturated carbocycles. The van der Waals surface area contributed by atoms with Crippen LogP contribution in [0.15, 0.2) is 40.4 Å². The molecule has 0 amide bonds. The third kappa shape index (κ3) is 4.82. The van der Waals surface area contributed by atoms with Gasteiger partial charge in [-0.15, -0.1) is 23.5 Å². The van der Waals surface area contributed by atoms with Gasteiger partial charge in [0.1, 0.15) is 21.9 Å². The molecule has 0 bridgehead atoms. The topological polar surface area (TPSA) is 39.2 Å². The van der Waals surface area contributed by atoms with Crippen LogP contribution in [0.5, 0.6) is 0 Å². The number of carbonyl (C=O) groups excluding carboxylic acids is 1. The highest BCUT2D eigenvalue weighted by molar-refractivity contribution is 8.00. The first-order valence-corrected chi connectivity index (χ1v) is 10.6. The molecule has 1 aromatic carbocycles. The SMILES string of the molecule is COC(=O)C(C)Sc1c(F)cc(-c2cccnc2SC2CCCC2)cc1F. The molecule has 0 radical (unpaired) electrons. The van der Waals surface area contributed by atoms with Crippen LogP contribution in [0.4, 0.5) is 8.78 Å². The fraction of sp³-hybridized carbons (Fsp3) is 0.400. The van der Waals surface area contributed by atoms with E-state index in [9.17, 15) is 13.6 Å². The van der Waals surface area contributed by atoms with E-state index in [4.69, 9.17) is 0 Å². The Bertz CT molecular complexity index is 802. The second-order valence-corrected chi connectivity index (χ2v) is 9.07. The van der Waals surface area contributed by atoms with Crippen LogP contribution in [0.2, 0.25) is 0 Å². The smallest absolute Gasteiger partial charge is 0.318 e. The third-order valence-corrected chi connectivity index (χ3v) is 7.01. The molecule has 7 heteroatoms. The number of nitrogens with zero attached hydrogens (tertiary/aromatic N) is 1. The van der Waals surface area contributed by atoms with Crippen LogP contribution in [0.3, 0.4) is 0 Å². The van der Waals surface area contributed by atoms with Gasteiger partial charge in [0.15, 0.2) is 0 Å². The molecular weight excluding hydrogens is 388 g/mol. The van der Waals surface area contributed by atoms with Crippen LogP contribution < -0.4 is 0 Å². The van der Waals surface area contributed by atoms with Crippen molar-refractivity contribution in [1.29, 1.82) is 0 Å². The average Bonchev–Trinajstić information content (AvgIpc) is 3.17. The number of rotatable bonds is 6. The van der Waals surface area contributed by atoms with Gasteiger partial charge in [-0.2, -0.15) is 0 Å². The number of methoxy groups -OCH3 is 1. The van der Waals surface area contributed by atoms with Gasteiger partial charge in [0.2, 0.25) is 0 Å². The Hall–Kier alpha value is -1.60. The normalized spacial score (nSPS) is 15.7. The molecule has 0 spiro atoms. The number of esters is 1. The Balaban J connectivity index is 1.89. The lowest BCUT2D eigenvalue weighted by atomic mass is 10.1. The minimum Gasteiger partial charge on any atom is -0.468 e. The van der Waals surface area contributed by atoms with Crippen molar-refractivity contribution in [2.45, 2.75) is 53.0 Å². The minimum absolute atomic E-state index is 0.175.